The van der Waals surface area contributed by atoms with E-state index in [1.165, 1.54) is 5.56 Å². The molecule has 1 rings (SSSR count). The Hall–Kier alpha value is -1.22. The molecule has 0 aliphatic rings. The molecule has 1 aromatic rings. The van der Waals surface area contributed by atoms with E-state index in [-0.39, 0.29) is 0 Å². The molecule has 0 nitrogen and oxygen atoms in total. The summed E-state index contributed by atoms with van der Waals surface area (Å²) in [5.41, 5.74) is 2.15. The second kappa shape index (κ2) is 5.56. The van der Waals surface area contributed by atoms with Crippen LogP contribution in [0.4, 0.5) is 0 Å². The highest BCUT2D eigenvalue weighted by atomic mass is 13.9. The number of terminal acetylenes is 1. The summed E-state index contributed by atoms with van der Waals surface area (Å²) in [7, 11) is 0. The molecule has 0 unspecified atom stereocenters. The maximum Gasteiger partial charge on any atom is 0.0271 e. The summed E-state index contributed by atoms with van der Waals surface area (Å²) in [6.45, 7) is 6.01. The first-order valence-electron chi connectivity index (χ1n) is 3.87. The van der Waals surface area contributed by atoms with Gasteiger partial charge in [-0.3, -0.25) is 0 Å². The summed E-state index contributed by atoms with van der Waals surface area (Å²) in [6.07, 6.45) is 5.20. The van der Waals surface area contributed by atoms with E-state index in [4.69, 9.17) is 6.42 Å². The quantitative estimate of drug-likeness (QED) is 0.493. The SMILES string of the molecule is C#Cc1ccccc1C.CC. The maximum absolute atomic E-state index is 5.20. The van der Waals surface area contributed by atoms with Gasteiger partial charge in [0.1, 0.15) is 0 Å². The molecule has 0 amide bonds. The molecule has 0 aliphatic carbocycles. The van der Waals surface area contributed by atoms with Crippen molar-refractivity contribution in [2.24, 2.45) is 0 Å². The summed E-state index contributed by atoms with van der Waals surface area (Å²) < 4.78 is 0. The van der Waals surface area contributed by atoms with Gasteiger partial charge in [-0.25, -0.2) is 0 Å². The second-order valence-electron chi connectivity index (χ2n) is 1.96. The van der Waals surface area contributed by atoms with Crippen molar-refractivity contribution < 1.29 is 0 Å². The largest absolute Gasteiger partial charge is 0.115 e. The van der Waals surface area contributed by atoms with E-state index >= 15 is 0 Å². The Morgan fingerprint density at radius 2 is 1.73 bits per heavy atom. The predicted octanol–water partition coefficient (Wildman–Crippen LogP) is 3.00. The van der Waals surface area contributed by atoms with Gasteiger partial charge >= 0.3 is 0 Å². The molecule has 0 radical (unpaired) electrons. The Kier molecular flexibility index (Phi) is 4.94. The van der Waals surface area contributed by atoms with Gasteiger partial charge in [0.15, 0.2) is 0 Å². The van der Waals surface area contributed by atoms with Crippen molar-refractivity contribution in [3.63, 3.8) is 0 Å². The number of rotatable bonds is 0. The van der Waals surface area contributed by atoms with Crippen LogP contribution in [0.3, 0.4) is 0 Å². The Balaban J connectivity index is 0.000000461. The van der Waals surface area contributed by atoms with Crippen LogP contribution in [-0.2, 0) is 0 Å². The van der Waals surface area contributed by atoms with Gasteiger partial charge in [0.05, 0.1) is 0 Å². The molecule has 0 atom stereocenters. The van der Waals surface area contributed by atoms with Gasteiger partial charge in [0.2, 0.25) is 0 Å². The molecule has 0 aliphatic heterocycles. The monoisotopic (exact) mass is 146 g/mol. The summed E-state index contributed by atoms with van der Waals surface area (Å²) in [6, 6.07) is 7.88. The summed E-state index contributed by atoms with van der Waals surface area (Å²) in [5, 5.41) is 0. The highest BCUT2D eigenvalue weighted by Gasteiger charge is 1.87. The standard InChI is InChI=1S/C9H8.C2H6/c1-3-9-7-5-4-6-8(9)2;1-2/h1,4-7H,2H3;1-2H3. The summed E-state index contributed by atoms with van der Waals surface area (Å²) >= 11 is 0. The van der Waals surface area contributed by atoms with Crippen LogP contribution in [0.15, 0.2) is 24.3 Å². The number of hydrogen-bond donors (Lipinski definition) is 0. The van der Waals surface area contributed by atoms with E-state index in [0.717, 1.165) is 5.56 Å². The lowest BCUT2D eigenvalue weighted by Gasteiger charge is -1.92. The molecule has 58 valence electrons. The van der Waals surface area contributed by atoms with Crippen LogP contribution < -0.4 is 0 Å². The Morgan fingerprint density at radius 1 is 1.18 bits per heavy atom. The van der Waals surface area contributed by atoms with Gasteiger partial charge in [-0.1, -0.05) is 38.0 Å². The van der Waals surface area contributed by atoms with Crippen LogP contribution in [0.1, 0.15) is 25.0 Å². The second-order valence-corrected chi connectivity index (χ2v) is 1.96. The summed E-state index contributed by atoms with van der Waals surface area (Å²) in [5.74, 6) is 2.60. The average molecular weight is 146 g/mol. The number of benzene rings is 1. The first kappa shape index (κ1) is 9.78. The van der Waals surface area contributed by atoms with E-state index < -0.39 is 0 Å². The van der Waals surface area contributed by atoms with Crippen molar-refractivity contribution in [3.8, 4) is 12.3 Å². The minimum absolute atomic E-state index is 0.984. The van der Waals surface area contributed by atoms with Gasteiger partial charge in [-0.05, 0) is 18.6 Å². The molecule has 0 saturated heterocycles. The van der Waals surface area contributed by atoms with Gasteiger partial charge in [0, 0.05) is 5.56 Å². The number of hydrogen-bond acceptors (Lipinski definition) is 0. The van der Waals surface area contributed by atoms with Crippen molar-refractivity contribution in [1.29, 1.82) is 0 Å². The van der Waals surface area contributed by atoms with Crippen LogP contribution >= 0.6 is 0 Å². The molecule has 0 heterocycles. The van der Waals surface area contributed by atoms with E-state index in [9.17, 15) is 0 Å². The molecule has 0 N–H and O–H groups in total. The van der Waals surface area contributed by atoms with Crippen molar-refractivity contribution >= 4 is 0 Å². The molecule has 0 saturated carbocycles. The molecule has 0 heteroatoms. The van der Waals surface area contributed by atoms with Crippen molar-refractivity contribution in [2.45, 2.75) is 20.8 Å². The molecule has 11 heavy (non-hydrogen) atoms. The Bertz CT molecular complexity index is 240. The Morgan fingerprint density at radius 3 is 2.09 bits per heavy atom. The lowest BCUT2D eigenvalue weighted by molar-refractivity contribution is 1.44. The minimum atomic E-state index is 0.984. The molecular formula is C11H14. The van der Waals surface area contributed by atoms with Crippen molar-refractivity contribution in [3.05, 3.63) is 35.4 Å². The predicted molar refractivity (Wildman–Crippen MR) is 50.5 cm³/mol. The zero-order valence-electron chi connectivity index (χ0n) is 7.39. The topological polar surface area (TPSA) is 0 Å². The van der Waals surface area contributed by atoms with Crippen LogP contribution in [0.2, 0.25) is 0 Å². The highest BCUT2D eigenvalue weighted by Crippen LogP contribution is 2.03. The molecule has 1 aromatic carbocycles. The fraction of sp³-hybridized carbons (Fsp3) is 0.273. The third kappa shape index (κ3) is 2.91. The lowest BCUT2D eigenvalue weighted by Crippen LogP contribution is -1.77. The van der Waals surface area contributed by atoms with Gasteiger partial charge in [-0.2, -0.15) is 0 Å². The molecule has 0 bridgehead atoms. The summed E-state index contributed by atoms with van der Waals surface area (Å²) in [4.78, 5) is 0. The van der Waals surface area contributed by atoms with E-state index in [2.05, 4.69) is 5.92 Å². The molecule has 0 fully saturated rings. The molecular weight excluding hydrogens is 132 g/mol. The normalized spacial score (nSPS) is 7.45. The lowest BCUT2D eigenvalue weighted by atomic mass is 10.1. The highest BCUT2D eigenvalue weighted by molar-refractivity contribution is 5.38. The van der Waals surface area contributed by atoms with Crippen LogP contribution in [0.5, 0.6) is 0 Å². The zero-order chi connectivity index (χ0) is 8.69. The first-order chi connectivity index (χ1) is 5.34. The minimum Gasteiger partial charge on any atom is -0.115 e. The maximum atomic E-state index is 5.20. The Labute approximate surface area is 69.3 Å². The zero-order valence-corrected chi connectivity index (χ0v) is 7.39. The van der Waals surface area contributed by atoms with Crippen molar-refractivity contribution in [1.82, 2.24) is 0 Å². The van der Waals surface area contributed by atoms with E-state index in [1.54, 1.807) is 0 Å². The third-order valence-electron chi connectivity index (χ3n) is 1.30. The molecule has 0 spiro atoms. The van der Waals surface area contributed by atoms with Crippen LogP contribution in [0.25, 0.3) is 0 Å². The van der Waals surface area contributed by atoms with Crippen molar-refractivity contribution in [2.75, 3.05) is 0 Å². The fourth-order valence-electron chi connectivity index (χ4n) is 0.735. The van der Waals surface area contributed by atoms with E-state index in [0.29, 0.717) is 0 Å². The van der Waals surface area contributed by atoms with E-state index in [1.807, 2.05) is 45.0 Å². The average Bonchev–Trinajstić information content (AvgIpc) is 2.09. The fourth-order valence-corrected chi connectivity index (χ4v) is 0.735. The van der Waals surface area contributed by atoms with Crippen LogP contribution in [0, 0.1) is 19.3 Å². The van der Waals surface area contributed by atoms with Crippen LogP contribution in [-0.4, -0.2) is 0 Å². The third-order valence-corrected chi connectivity index (χ3v) is 1.30. The smallest absolute Gasteiger partial charge is 0.0271 e. The first-order valence-corrected chi connectivity index (χ1v) is 3.87. The molecule has 0 aromatic heterocycles. The number of aryl methyl sites for hydroxylation is 1. The van der Waals surface area contributed by atoms with Gasteiger partial charge in [0.25, 0.3) is 0 Å². The van der Waals surface area contributed by atoms with Gasteiger partial charge < -0.3 is 0 Å². The van der Waals surface area contributed by atoms with Gasteiger partial charge in [-0.15, -0.1) is 6.42 Å².